The molecule has 4 heteroatoms. The molecular formula is C20H42N2O2. The molecule has 1 saturated heterocycles. The molecule has 1 fully saturated rings. The number of piperazine rings is 1. The Bertz CT molecular complexity index is 279. The molecule has 0 aromatic carbocycles. The van der Waals surface area contributed by atoms with E-state index in [0.717, 1.165) is 26.2 Å². The van der Waals surface area contributed by atoms with Gasteiger partial charge in [0, 0.05) is 32.7 Å². The van der Waals surface area contributed by atoms with Crippen molar-refractivity contribution >= 4 is 0 Å². The number of aliphatic hydroxyl groups excluding tert-OH is 2. The zero-order valence-corrected chi connectivity index (χ0v) is 16.3. The van der Waals surface area contributed by atoms with E-state index in [-0.39, 0.29) is 0 Å². The van der Waals surface area contributed by atoms with Crippen molar-refractivity contribution in [1.82, 2.24) is 9.80 Å². The summed E-state index contributed by atoms with van der Waals surface area (Å²) < 4.78 is 0. The average Bonchev–Trinajstić information content (AvgIpc) is 2.58. The van der Waals surface area contributed by atoms with Crippen molar-refractivity contribution in [3.63, 3.8) is 0 Å². The summed E-state index contributed by atoms with van der Waals surface area (Å²) in [5, 5.41) is 19.1. The van der Waals surface area contributed by atoms with Crippen LogP contribution < -0.4 is 0 Å². The van der Waals surface area contributed by atoms with Gasteiger partial charge in [-0.1, -0.05) is 64.7 Å². The number of aliphatic hydroxyl groups is 2. The molecule has 144 valence electrons. The number of β-amino-alcohol motifs (C(OH)–C–C–N with tert-alkyl or cyclic N) is 1. The van der Waals surface area contributed by atoms with Gasteiger partial charge in [-0.25, -0.2) is 0 Å². The van der Waals surface area contributed by atoms with Crippen LogP contribution in [-0.2, 0) is 0 Å². The van der Waals surface area contributed by atoms with Crippen molar-refractivity contribution in [2.45, 2.75) is 90.3 Å². The van der Waals surface area contributed by atoms with Crippen LogP contribution in [0.4, 0.5) is 0 Å². The molecule has 1 aliphatic heterocycles. The first-order valence-corrected chi connectivity index (χ1v) is 10.4. The SMILES string of the molecule is CCCCCCCCCCCCN1CCN(CC(O)C(C)O)CC1. The zero-order chi connectivity index (χ0) is 17.6. The maximum absolute atomic E-state index is 9.74. The van der Waals surface area contributed by atoms with Gasteiger partial charge in [-0.05, 0) is 19.9 Å². The molecule has 2 unspecified atom stereocenters. The van der Waals surface area contributed by atoms with E-state index < -0.39 is 12.2 Å². The number of rotatable bonds is 14. The lowest BCUT2D eigenvalue weighted by Gasteiger charge is -2.36. The summed E-state index contributed by atoms with van der Waals surface area (Å²) in [7, 11) is 0. The fraction of sp³-hybridized carbons (Fsp3) is 1.00. The van der Waals surface area contributed by atoms with E-state index in [0.29, 0.717) is 6.54 Å². The molecule has 0 saturated carbocycles. The Balaban J connectivity index is 1.89. The van der Waals surface area contributed by atoms with Gasteiger partial charge in [0.25, 0.3) is 0 Å². The standard InChI is InChI=1S/C20H42N2O2/c1-3-4-5-6-7-8-9-10-11-12-13-21-14-16-22(17-15-21)18-20(24)19(2)23/h19-20,23-24H,3-18H2,1-2H3. The highest BCUT2D eigenvalue weighted by Gasteiger charge is 2.20. The van der Waals surface area contributed by atoms with Gasteiger partial charge in [0.15, 0.2) is 0 Å². The predicted octanol–water partition coefficient (Wildman–Crippen LogP) is 3.27. The summed E-state index contributed by atoms with van der Waals surface area (Å²) in [5.41, 5.74) is 0. The Kier molecular flexibility index (Phi) is 12.8. The molecule has 24 heavy (non-hydrogen) atoms. The van der Waals surface area contributed by atoms with Crippen molar-refractivity contribution in [3.05, 3.63) is 0 Å². The number of hydrogen-bond acceptors (Lipinski definition) is 4. The minimum atomic E-state index is -0.630. The first kappa shape index (κ1) is 21.9. The normalized spacial score (nSPS) is 19.5. The van der Waals surface area contributed by atoms with E-state index in [1.165, 1.54) is 70.8 Å². The van der Waals surface area contributed by atoms with Gasteiger partial charge in [0.05, 0.1) is 12.2 Å². The second-order valence-electron chi connectivity index (χ2n) is 7.63. The highest BCUT2D eigenvalue weighted by atomic mass is 16.3. The number of nitrogens with zero attached hydrogens (tertiary/aromatic N) is 2. The smallest absolute Gasteiger partial charge is 0.0922 e. The molecule has 1 heterocycles. The van der Waals surface area contributed by atoms with Crippen LogP contribution in [0.25, 0.3) is 0 Å². The molecule has 0 bridgehead atoms. The molecule has 0 aromatic rings. The Morgan fingerprint density at radius 3 is 1.67 bits per heavy atom. The van der Waals surface area contributed by atoms with E-state index in [9.17, 15) is 10.2 Å². The summed E-state index contributed by atoms with van der Waals surface area (Å²) >= 11 is 0. The molecule has 1 rings (SSSR count). The first-order chi connectivity index (χ1) is 11.6. The summed E-state index contributed by atoms with van der Waals surface area (Å²) in [5.74, 6) is 0. The summed E-state index contributed by atoms with van der Waals surface area (Å²) in [6.45, 7) is 10.00. The van der Waals surface area contributed by atoms with Gasteiger partial charge in [0.2, 0.25) is 0 Å². The van der Waals surface area contributed by atoms with Crippen LogP contribution in [0.1, 0.15) is 78.1 Å². The second-order valence-corrected chi connectivity index (χ2v) is 7.63. The zero-order valence-electron chi connectivity index (χ0n) is 16.3. The van der Waals surface area contributed by atoms with Crippen molar-refractivity contribution in [1.29, 1.82) is 0 Å². The lowest BCUT2D eigenvalue weighted by molar-refractivity contribution is -0.00235. The first-order valence-electron chi connectivity index (χ1n) is 10.4. The van der Waals surface area contributed by atoms with Crippen LogP contribution in [0.3, 0.4) is 0 Å². The Hall–Kier alpha value is -0.160. The largest absolute Gasteiger partial charge is 0.391 e. The van der Waals surface area contributed by atoms with E-state index in [4.69, 9.17) is 0 Å². The van der Waals surface area contributed by atoms with E-state index >= 15 is 0 Å². The highest BCUT2D eigenvalue weighted by Crippen LogP contribution is 2.11. The lowest BCUT2D eigenvalue weighted by Crippen LogP contribution is -2.49. The highest BCUT2D eigenvalue weighted by molar-refractivity contribution is 4.75. The van der Waals surface area contributed by atoms with Gasteiger partial charge >= 0.3 is 0 Å². The van der Waals surface area contributed by atoms with Crippen molar-refractivity contribution < 1.29 is 10.2 Å². The van der Waals surface area contributed by atoms with Gasteiger partial charge in [0.1, 0.15) is 0 Å². The van der Waals surface area contributed by atoms with E-state index in [2.05, 4.69) is 16.7 Å². The molecule has 1 aliphatic rings. The lowest BCUT2D eigenvalue weighted by atomic mass is 10.1. The van der Waals surface area contributed by atoms with Gasteiger partial charge in [-0.3, -0.25) is 4.90 Å². The average molecular weight is 343 g/mol. The molecular weight excluding hydrogens is 300 g/mol. The van der Waals surface area contributed by atoms with Crippen LogP contribution >= 0.6 is 0 Å². The van der Waals surface area contributed by atoms with Crippen molar-refractivity contribution in [2.75, 3.05) is 39.3 Å². The predicted molar refractivity (Wildman–Crippen MR) is 102 cm³/mol. The third-order valence-corrected chi connectivity index (χ3v) is 5.29. The molecule has 0 spiro atoms. The topological polar surface area (TPSA) is 46.9 Å². The minimum Gasteiger partial charge on any atom is -0.391 e. The number of unbranched alkanes of at least 4 members (excludes halogenated alkanes) is 9. The van der Waals surface area contributed by atoms with Crippen LogP contribution in [-0.4, -0.2) is 71.5 Å². The second kappa shape index (κ2) is 14.1. The fourth-order valence-electron chi connectivity index (χ4n) is 3.44. The monoisotopic (exact) mass is 342 g/mol. The van der Waals surface area contributed by atoms with Crippen LogP contribution in [0.5, 0.6) is 0 Å². The molecule has 4 nitrogen and oxygen atoms in total. The summed E-state index contributed by atoms with van der Waals surface area (Å²) in [4.78, 5) is 4.82. The van der Waals surface area contributed by atoms with E-state index in [1.807, 2.05) is 0 Å². The molecule has 0 amide bonds. The van der Waals surface area contributed by atoms with Gasteiger partial charge in [-0.2, -0.15) is 0 Å². The van der Waals surface area contributed by atoms with E-state index in [1.54, 1.807) is 6.92 Å². The van der Waals surface area contributed by atoms with Crippen LogP contribution in [0.2, 0.25) is 0 Å². The Morgan fingerprint density at radius 2 is 1.17 bits per heavy atom. The molecule has 2 N–H and O–H groups in total. The summed E-state index contributed by atoms with van der Waals surface area (Å²) in [6.07, 6.45) is 12.7. The maximum Gasteiger partial charge on any atom is 0.0922 e. The fourth-order valence-corrected chi connectivity index (χ4v) is 3.44. The summed E-state index contributed by atoms with van der Waals surface area (Å²) in [6, 6.07) is 0. The molecule has 2 atom stereocenters. The maximum atomic E-state index is 9.74. The third kappa shape index (κ3) is 10.7. The Labute approximate surface area is 150 Å². The van der Waals surface area contributed by atoms with Crippen LogP contribution in [0.15, 0.2) is 0 Å². The minimum absolute atomic E-state index is 0.601. The van der Waals surface area contributed by atoms with Gasteiger partial charge in [-0.15, -0.1) is 0 Å². The quantitative estimate of drug-likeness (QED) is 0.476. The third-order valence-electron chi connectivity index (χ3n) is 5.29. The molecule has 0 aliphatic carbocycles. The molecule has 0 radical (unpaired) electrons. The Morgan fingerprint density at radius 1 is 0.708 bits per heavy atom. The molecule has 0 aromatic heterocycles. The number of hydrogen-bond donors (Lipinski definition) is 2. The van der Waals surface area contributed by atoms with Crippen LogP contribution in [0, 0.1) is 0 Å². The van der Waals surface area contributed by atoms with Crippen molar-refractivity contribution in [2.24, 2.45) is 0 Å². The van der Waals surface area contributed by atoms with Gasteiger partial charge < -0.3 is 15.1 Å². The van der Waals surface area contributed by atoms with Crippen molar-refractivity contribution in [3.8, 4) is 0 Å².